The molecule has 0 saturated carbocycles. The van der Waals surface area contributed by atoms with E-state index < -0.39 is 0 Å². The Bertz CT molecular complexity index is 816. The highest BCUT2D eigenvalue weighted by atomic mass is 16.2. The van der Waals surface area contributed by atoms with E-state index in [1.165, 1.54) is 0 Å². The smallest absolute Gasteiger partial charge is 0.340 e. The molecule has 2 saturated heterocycles. The number of H-pyrrole nitrogens is 2. The van der Waals surface area contributed by atoms with Gasteiger partial charge in [0.25, 0.3) is 0 Å². The number of nitrogens with one attached hydrogen (secondary N) is 3. The predicted molar refractivity (Wildman–Crippen MR) is 97.5 cm³/mol. The summed E-state index contributed by atoms with van der Waals surface area (Å²) in [5, 5.41) is 9.43. The van der Waals surface area contributed by atoms with Crippen molar-refractivity contribution in [2.75, 3.05) is 36.4 Å². The highest BCUT2D eigenvalue weighted by Gasteiger charge is 2.26. The first-order valence-electron chi connectivity index (χ1n) is 9.11. The molecule has 0 aromatic carbocycles. The molecule has 2 aliphatic rings. The molecule has 2 aromatic heterocycles. The molecule has 0 unspecified atom stereocenters. The lowest BCUT2D eigenvalue weighted by atomic mass is 9.96. The zero-order valence-corrected chi connectivity index (χ0v) is 14.6. The fourth-order valence-electron chi connectivity index (χ4n) is 3.70. The van der Waals surface area contributed by atoms with E-state index in [1.807, 2.05) is 17.0 Å². The average Bonchev–Trinajstić information content (AvgIpc) is 3.34. The van der Waals surface area contributed by atoms with Crippen LogP contribution >= 0.6 is 0 Å². The number of hydrogen-bond acceptors (Lipinski definition) is 5. The van der Waals surface area contributed by atoms with E-state index in [0.29, 0.717) is 18.9 Å². The van der Waals surface area contributed by atoms with Gasteiger partial charge in [-0.3, -0.25) is 4.98 Å². The van der Waals surface area contributed by atoms with Crippen molar-refractivity contribution in [3.8, 4) is 0 Å². The second-order valence-electron chi connectivity index (χ2n) is 6.82. The molecule has 0 radical (unpaired) electrons. The molecule has 9 nitrogen and oxygen atoms in total. The molecule has 3 N–H and O–H groups in total. The highest BCUT2D eigenvalue weighted by Crippen LogP contribution is 2.28. The van der Waals surface area contributed by atoms with Crippen molar-refractivity contribution >= 4 is 17.5 Å². The standard InChI is InChI=1S/C17H23N7O2/c25-16-20-14(21-22-16)12-5-10-24(11-6-12)17(26)19-13-4-3-7-18-15(13)23-8-1-2-9-23/h3-4,7,12H,1-2,5-6,8-11H2,(H,19,26)(H2,20,21,22,25). The quantitative estimate of drug-likeness (QED) is 0.771. The number of carbonyl (C=O) groups excluding carboxylic acids is 1. The topological polar surface area (TPSA) is 110 Å². The van der Waals surface area contributed by atoms with E-state index in [4.69, 9.17) is 0 Å². The Labute approximate surface area is 150 Å². The summed E-state index contributed by atoms with van der Waals surface area (Å²) < 4.78 is 0. The maximum absolute atomic E-state index is 12.7. The summed E-state index contributed by atoms with van der Waals surface area (Å²) in [7, 11) is 0. The van der Waals surface area contributed by atoms with Gasteiger partial charge in [0.1, 0.15) is 5.82 Å². The number of nitrogens with zero attached hydrogens (tertiary/aromatic N) is 4. The van der Waals surface area contributed by atoms with Gasteiger partial charge in [-0.1, -0.05) is 0 Å². The van der Waals surface area contributed by atoms with E-state index in [2.05, 4.69) is 30.4 Å². The van der Waals surface area contributed by atoms with Gasteiger partial charge < -0.3 is 15.1 Å². The van der Waals surface area contributed by atoms with Crippen LogP contribution < -0.4 is 15.9 Å². The maximum atomic E-state index is 12.7. The molecule has 26 heavy (non-hydrogen) atoms. The zero-order valence-electron chi connectivity index (χ0n) is 14.6. The van der Waals surface area contributed by atoms with Crippen molar-refractivity contribution in [1.29, 1.82) is 0 Å². The number of urea groups is 1. The average molecular weight is 357 g/mol. The number of piperidine rings is 1. The van der Waals surface area contributed by atoms with Crippen molar-refractivity contribution < 1.29 is 4.79 Å². The van der Waals surface area contributed by atoms with E-state index in [9.17, 15) is 9.59 Å². The lowest BCUT2D eigenvalue weighted by Crippen LogP contribution is -2.41. The van der Waals surface area contributed by atoms with E-state index in [-0.39, 0.29) is 17.6 Å². The monoisotopic (exact) mass is 357 g/mol. The van der Waals surface area contributed by atoms with Crippen LogP contribution in [0.5, 0.6) is 0 Å². The molecule has 0 spiro atoms. The summed E-state index contributed by atoms with van der Waals surface area (Å²) in [5.41, 5.74) is 0.476. The van der Waals surface area contributed by atoms with Crippen LogP contribution in [0.2, 0.25) is 0 Å². The van der Waals surface area contributed by atoms with Gasteiger partial charge >= 0.3 is 11.7 Å². The van der Waals surface area contributed by atoms with Gasteiger partial charge in [0.2, 0.25) is 0 Å². The van der Waals surface area contributed by atoms with Gasteiger partial charge in [-0.2, -0.15) is 5.10 Å². The normalized spacial score (nSPS) is 18.3. The molecule has 0 aliphatic carbocycles. The van der Waals surface area contributed by atoms with Crippen molar-refractivity contribution in [2.45, 2.75) is 31.6 Å². The number of aromatic amines is 2. The van der Waals surface area contributed by atoms with Crippen molar-refractivity contribution in [1.82, 2.24) is 25.1 Å². The summed E-state index contributed by atoms with van der Waals surface area (Å²) >= 11 is 0. The molecule has 2 fully saturated rings. The molecule has 9 heteroatoms. The van der Waals surface area contributed by atoms with Crippen LogP contribution in [-0.4, -0.2) is 57.3 Å². The Morgan fingerprint density at radius 3 is 2.65 bits per heavy atom. The Kier molecular flexibility index (Phi) is 4.59. The minimum atomic E-state index is -0.286. The molecule has 2 aliphatic heterocycles. The largest absolute Gasteiger partial charge is 0.355 e. The number of rotatable bonds is 3. The van der Waals surface area contributed by atoms with Crippen molar-refractivity contribution in [3.05, 3.63) is 34.6 Å². The van der Waals surface area contributed by atoms with Crippen molar-refractivity contribution in [3.63, 3.8) is 0 Å². The molecule has 0 atom stereocenters. The fraction of sp³-hybridized carbons (Fsp3) is 0.529. The Morgan fingerprint density at radius 2 is 1.96 bits per heavy atom. The van der Waals surface area contributed by atoms with E-state index in [0.717, 1.165) is 50.3 Å². The Morgan fingerprint density at radius 1 is 1.19 bits per heavy atom. The molecule has 138 valence electrons. The molecule has 2 amide bonds. The molecule has 4 heterocycles. The number of carbonyl (C=O) groups is 1. The molecular weight excluding hydrogens is 334 g/mol. The summed E-state index contributed by atoms with van der Waals surface area (Å²) in [6.45, 7) is 3.22. The summed E-state index contributed by atoms with van der Waals surface area (Å²) in [5.74, 6) is 1.71. The van der Waals surface area contributed by atoms with Crippen LogP contribution in [0, 0.1) is 0 Å². The Hall–Kier alpha value is -2.84. The summed E-state index contributed by atoms with van der Waals surface area (Å²) in [6.07, 6.45) is 5.64. The van der Waals surface area contributed by atoms with E-state index in [1.54, 1.807) is 6.20 Å². The number of aromatic nitrogens is 4. The van der Waals surface area contributed by atoms with Crippen LogP contribution in [0.4, 0.5) is 16.3 Å². The highest BCUT2D eigenvalue weighted by molar-refractivity contribution is 5.92. The second-order valence-corrected chi connectivity index (χ2v) is 6.82. The van der Waals surface area contributed by atoms with Crippen LogP contribution in [0.15, 0.2) is 23.1 Å². The number of anilines is 2. The van der Waals surface area contributed by atoms with Crippen molar-refractivity contribution in [2.24, 2.45) is 0 Å². The van der Waals surface area contributed by atoms with Gasteiger partial charge in [0, 0.05) is 38.3 Å². The van der Waals surface area contributed by atoms with Crippen LogP contribution in [0.3, 0.4) is 0 Å². The molecular formula is C17H23N7O2. The number of likely N-dealkylation sites (tertiary alicyclic amines) is 1. The number of pyridine rings is 1. The first-order valence-corrected chi connectivity index (χ1v) is 9.11. The zero-order chi connectivity index (χ0) is 17.9. The third kappa shape index (κ3) is 3.42. The van der Waals surface area contributed by atoms with Crippen LogP contribution in [-0.2, 0) is 0 Å². The third-order valence-electron chi connectivity index (χ3n) is 5.12. The lowest BCUT2D eigenvalue weighted by Gasteiger charge is -2.31. The SMILES string of the molecule is O=C(Nc1cccnc1N1CCCC1)N1CCC(c2n[nH]c(=O)[nH]2)CC1. The molecule has 0 bridgehead atoms. The fourth-order valence-corrected chi connectivity index (χ4v) is 3.70. The lowest BCUT2D eigenvalue weighted by molar-refractivity contribution is 0.193. The van der Waals surface area contributed by atoms with Gasteiger partial charge in [0.05, 0.1) is 5.69 Å². The first kappa shape index (κ1) is 16.6. The maximum Gasteiger partial charge on any atom is 0.340 e. The van der Waals surface area contributed by atoms with Gasteiger partial charge in [-0.05, 0) is 37.8 Å². The minimum Gasteiger partial charge on any atom is -0.355 e. The van der Waals surface area contributed by atoms with Crippen LogP contribution in [0.1, 0.15) is 37.4 Å². The summed E-state index contributed by atoms with van der Waals surface area (Å²) in [4.78, 5) is 35.1. The molecule has 2 aromatic rings. The number of amides is 2. The first-order chi connectivity index (χ1) is 12.7. The van der Waals surface area contributed by atoms with Crippen LogP contribution in [0.25, 0.3) is 0 Å². The predicted octanol–water partition coefficient (Wildman–Crippen LogP) is 1.50. The summed E-state index contributed by atoms with van der Waals surface area (Å²) in [6, 6.07) is 3.64. The third-order valence-corrected chi connectivity index (χ3v) is 5.12. The van der Waals surface area contributed by atoms with E-state index >= 15 is 0 Å². The molecule has 4 rings (SSSR count). The van der Waals surface area contributed by atoms with Gasteiger partial charge in [-0.15, -0.1) is 0 Å². The number of hydrogen-bond donors (Lipinski definition) is 3. The van der Waals surface area contributed by atoms with Gasteiger partial charge in [0.15, 0.2) is 5.82 Å². The van der Waals surface area contributed by atoms with Gasteiger partial charge in [-0.25, -0.2) is 19.7 Å². The Balaban J connectivity index is 1.38. The second kappa shape index (κ2) is 7.19. The minimum absolute atomic E-state index is 0.104.